The second-order valence-corrected chi connectivity index (χ2v) is 9.15. The first-order chi connectivity index (χ1) is 16.7. The number of nitrogens with one attached hydrogen (secondary N) is 1. The molecule has 0 aliphatic carbocycles. The number of carbonyl (C=O) groups is 2. The first-order valence-electron chi connectivity index (χ1n) is 11.3. The van der Waals surface area contributed by atoms with Gasteiger partial charge in [0.05, 0.1) is 4.88 Å². The number of hydrogen-bond acceptors (Lipinski definition) is 4. The van der Waals surface area contributed by atoms with Gasteiger partial charge in [-0.05, 0) is 59.0 Å². The van der Waals surface area contributed by atoms with Crippen LogP contribution in [0.1, 0.15) is 20.0 Å². The summed E-state index contributed by atoms with van der Waals surface area (Å²) in [7, 11) is 0. The van der Waals surface area contributed by atoms with Crippen LogP contribution in [-0.4, -0.2) is 42.9 Å². The van der Waals surface area contributed by atoms with Gasteiger partial charge in [-0.2, -0.15) is 0 Å². The highest BCUT2D eigenvalue weighted by Gasteiger charge is 2.22. The Labute approximate surface area is 203 Å². The van der Waals surface area contributed by atoms with Crippen molar-refractivity contribution in [3.63, 3.8) is 0 Å². The van der Waals surface area contributed by atoms with E-state index >= 15 is 0 Å². The molecular weight excluding hydrogens is 442 g/mol. The lowest BCUT2D eigenvalue weighted by Gasteiger charge is -2.36. The van der Waals surface area contributed by atoms with Crippen LogP contribution in [0, 0.1) is 0 Å². The third-order valence-corrected chi connectivity index (χ3v) is 6.90. The van der Waals surface area contributed by atoms with E-state index in [4.69, 9.17) is 0 Å². The number of rotatable bonds is 5. The van der Waals surface area contributed by atoms with E-state index in [-0.39, 0.29) is 11.8 Å². The van der Waals surface area contributed by atoms with Gasteiger partial charge in [0, 0.05) is 43.1 Å². The Hall–Kier alpha value is -3.90. The fourth-order valence-corrected chi connectivity index (χ4v) is 4.82. The third kappa shape index (κ3) is 4.87. The van der Waals surface area contributed by atoms with Crippen LogP contribution < -0.4 is 10.2 Å². The van der Waals surface area contributed by atoms with Crippen LogP contribution in [-0.2, 0) is 0 Å². The van der Waals surface area contributed by atoms with E-state index in [9.17, 15) is 9.59 Å². The topological polar surface area (TPSA) is 52.7 Å². The molecule has 1 fully saturated rings. The molecule has 3 aromatic carbocycles. The number of carbonyl (C=O) groups excluding carboxylic acids is 2. The van der Waals surface area contributed by atoms with Crippen molar-refractivity contribution in [2.45, 2.75) is 0 Å². The van der Waals surface area contributed by atoms with Crippen molar-refractivity contribution >= 4 is 34.5 Å². The Bertz CT molecular complexity index is 1250. The Kier molecular flexibility index (Phi) is 6.40. The van der Waals surface area contributed by atoms with Crippen molar-refractivity contribution in [1.82, 2.24) is 4.90 Å². The van der Waals surface area contributed by atoms with Crippen LogP contribution >= 0.6 is 11.3 Å². The van der Waals surface area contributed by atoms with E-state index in [1.54, 1.807) is 0 Å². The Morgan fingerprint density at radius 1 is 0.706 bits per heavy atom. The molecule has 34 heavy (non-hydrogen) atoms. The molecule has 170 valence electrons. The summed E-state index contributed by atoms with van der Waals surface area (Å²) in [6, 6.07) is 29.4. The zero-order valence-electron chi connectivity index (χ0n) is 18.7. The Morgan fingerprint density at radius 3 is 2.03 bits per heavy atom. The van der Waals surface area contributed by atoms with Crippen LogP contribution in [0.2, 0.25) is 0 Å². The molecule has 2 heterocycles. The Morgan fingerprint density at radius 2 is 1.38 bits per heavy atom. The van der Waals surface area contributed by atoms with Gasteiger partial charge < -0.3 is 15.1 Å². The second-order valence-electron chi connectivity index (χ2n) is 8.20. The zero-order chi connectivity index (χ0) is 23.3. The average molecular weight is 468 g/mol. The molecule has 0 bridgehead atoms. The van der Waals surface area contributed by atoms with Crippen molar-refractivity contribution in [3.05, 3.63) is 107 Å². The summed E-state index contributed by atoms with van der Waals surface area (Å²) >= 11 is 1.49. The molecule has 0 saturated carbocycles. The van der Waals surface area contributed by atoms with Gasteiger partial charge in [-0.3, -0.25) is 9.59 Å². The Balaban J connectivity index is 1.16. The van der Waals surface area contributed by atoms with E-state index in [1.807, 2.05) is 89.1 Å². The molecule has 1 saturated heterocycles. The smallest absolute Gasteiger partial charge is 0.264 e. The van der Waals surface area contributed by atoms with E-state index in [2.05, 4.69) is 22.3 Å². The molecule has 6 heteroatoms. The minimum atomic E-state index is -0.131. The summed E-state index contributed by atoms with van der Waals surface area (Å²) in [6.07, 6.45) is 0. The van der Waals surface area contributed by atoms with E-state index in [0.717, 1.165) is 40.5 Å². The van der Waals surface area contributed by atoms with Crippen molar-refractivity contribution in [1.29, 1.82) is 0 Å². The molecule has 4 aromatic rings. The highest BCUT2D eigenvalue weighted by molar-refractivity contribution is 7.12. The fourth-order valence-electron chi connectivity index (χ4n) is 4.13. The molecule has 0 unspecified atom stereocenters. The van der Waals surface area contributed by atoms with Crippen LogP contribution in [0.3, 0.4) is 0 Å². The number of thiophene rings is 1. The van der Waals surface area contributed by atoms with E-state index < -0.39 is 0 Å². The van der Waals surface area contributed by atoms with Gasteiger partial charge in [0.15, 0.2) is 0 Å². The molecular formula is C28H25N3O2S. The van der Waals surface area contributed by atoms with Crippen LogP contribution in [0.25, 0.3) is 11.1 Å². The van der Waals surface area contributed by atoms with Crippen molar-refractivity contribution < 1.29 is 9.59 Å². The predicted molar refractivity (Wildman–Crippen MR) is 139 cm³/mol. The molecule has 1 aliphatic rings. The lowest BCUT2D eigenvalue weighted by molar-refractivity contribution is 0.0751. The lowest BCUT2D eigenvalue weighted by Crippen LogP contribution is -2.48. The van der Waals surface area contributed by atoms with Gasteiger partial charge in [-0.1, -0.05) is 48.5 Å². The van der Waals surface area contributed by atoms with Crippen LogP contribution in [0.4, 0.5) is 11.4 Å². The van der Waals surface area contributed by atoms with Crippen molar-refractivity contribution in [2.24, 2.45) is 0 Å². The SMILES string of the molecule is O=C(Nc1ccc(N2CCN(C(=O)c3cccs3)CC2)cc1)c1ccc(-c2ccccc2)cc1. The molecule has 1 aliphatic heterocycles. The number of benzene rings is 3. The highest BCUT2D eigenvalue weighted by Crippen LogP contribution is 2.23. The molecule has 5 rings (SSSR count). The third-order valence-electron chi connectivity index (χ3n) is 6.04. The largest absolute Gasteiger partial charge is 0.368 e. The summed E-state index contributed by atoms with van der Waals surface area (Å²) in [5.74, 6) is -0.0161. The van der Waals surface area contributed by atoms with Gasteiger partial charge >= 0.3 is 0 Å². The van der Waals surface area contributed by atoms with Gasteiger partial charge in [-0.15, -0.1) is 11.3 Å². The normalized spacial score (nSPS) is 13.5. The second kappa shape index (κ2) is 9.93. The van der Waals surface area contributed by atoms with E-state index in [0.29, 0.717) is 18.7 Å². The van der Waals surface area contributed by atoms with E-state index in [1.165, 1.54) is 11.3 Å². The molecule has 0 spiro atoms. The maximum Gasteiger partial charge on any atom is 0.264 e. The maximum atomic E-state index is 12.7. The van der Waals surface area contributed by atoms with Crippen LogP contribution in [0.15, 0.2) is 96.4 Å². The first-order valence-corrected chi connectivity index (χ1v) is 12.2. The number of amides is 2. The molecule has 5 nitrogen and oxygen atoms in total. The lowest BCUT2D eigenvalue weighted by atomic mass is 10.0. The van der Waals surface area contributed by atoms with Gasteiger partial charge in [0.2, 0.25) is 0 Å². The predicted octanol–water partition coefficient (Wildman–Crippen LogP) is 5.63. The quantitative estimate of drug-likeness (QED) is 0.414. The highest BCUT2D eigenvalue weighted by atomic mass is 32.1. The average Bonchev–Trinajstić information content (AvgIpc) is 3.45. The summed E-state index contributed by atoms with van der Waals surface area (Å²) < 4.78 is 0. The van der Waals surface area contributed by atoms with Gasteiger partial charge in [-0.25, -0.2) is 0 Å². The minimum absolute atomic E-state index is 0.115. The van der Waals surface area contributed by atoms with Crippen molar-refractivity contribution in [3.8, 4) is 11.1 Å². The molecule has 1 aromatic heterocycles. The standard InChI is InChI=1S/C28H25N3O2S/c32-27(23-10-8-22(9-11-23)21-5-2-1-3-6-21)29-24-12-14-25(15-13-24)30-16-18-31(19-17-30)28(33)26-7-4-20-34-26/h1-15,20H,16-19H2,(H,29,32). The number of hydrogen-bond donors (Lipinski definition) is 1. The number of piperazine rings is 1. The molecule has 2 amide bonds. The summed E-state index contributed by atoms with van der Waals surface area (Å²) in [5.41, 5.74) is 4.68. The fraction of sp³-hybridized carbons (Fsp3) is 0.143. The summed E-state index contributed by atoms with van der Waals surface area (Å²) in [5, 5.41) is 4.91. The monoisotopic (exact) mass is 467 g/mol. The number of anilines is 2. The van der Waals surface area contributed by atoms with Crippen LogP contribution in [0.5, 0.6) is 0 Å². The van der Waals surface area contributed by atoms with Gasteiger partial charge in [0.25, 0.3) is 11.8 Å². The van der Waals surface area contributed by atoms with Crippen molar-refractivity contribution in [2.75, 3.05) is 36.4 Å². The summed E-state index contributed by atoms with van der Waals surface area (Å²) in [4.78, 5) is 30.2. The summed E-state index contributed by atoms with van der Waals surface area (Å²) in [6.45, 7) is 2.98. The van der Waals surface area contributed by atoms with Gasteiger partial charge in [0.1, 0.15) is 0 Å². The molecule has 0 atom stereocenters. The molecule has 0 radical (unpaired) electrons. The number of nitrogens with zero attached hydrogens (tertiary/aromatic N) is 2. The maximum absolute atomic E-state index is 12.7. The minimum Gasteiger partial charge on any atom is -0.368 e. The zero-order valence-corrected chi connectivity index (χ0v) is 19.5. The first kappa shape index (κ1) is 21.9. The molecule has 1 N–H and O–H groups in total.